The van der Waals surface area contributed by atoms with Gasteiger partial charge in [-0.3, -0.25) is 0 Å². The van der Waals surface area contributed by atoms with Crippen LogP contribution in [-0.2, 0) is 21.2 Å². The fourth-order valence-electron chi connectivity index (χ4n) is 3.66. The molecular formula is C29H30N2O7S. The van der Waals surface area contributed by atoms with Crippen LogP contribution in [-0.4, -0.2) is 51.6 Å². The smallest absolute Gasteiger partial charge is 0.217 e. The van der Waals surface area contributed by atoms with Crippen molar-refractivity contribution in [3.8, 4) is 40.3 Å². The fraction of sp³-hybridized carbons (Fsp3) is 0.241. The van der Waals surface area contributed by atoms with E-state index in [1.165, 1.54) is 12.1 Å². The van der Waals surface area contributed by atoms with Gasteiger partial charge < -0.3 is 23.7 Å². The molecule has 3 aromatic carbocycles. The van der Waals surface area contributed by atoms with Crippen LogP contribution in [0.2, 0.25) is 0 Å². The molecule has 10 heteroatoms. The molecule has 4 aromatic rings. The lowest BCUT2D eigenvalue weighted by atomic mass is 10.2. The Morgan fingerprint density at radius 3 is 2.21 bits per heavy atom. The first-order chi connectivity index (χ1) is 18.7. The van der Waals surface area contributed by atoms with Gasteiger partial charge in [0.15, 0.2) is 15.7 Å². The van der Waals surface area contributed by atoms with Crippen molar-refractivity contribution in [3.63, 3.8) is 0 Å². The molecule has 204 valence electrons. The predicted octanol–water partition coefficient (Wildman–Crippen LogP) is 5.34. The van der Waals surface area contributed by atoms with Crippen molar-refractivity contribution < 1.29 is 32.1 Å². The Kier molecular flexibility index (Phi) is 9.00. The average molecular weight is 551 g/mol. The summed E-state index contributed by atoms with van der Waals surface area (Å²) >= 11 is 0. The van der Waals surface area contributed by atoms with Crippen LogP contribution in [0.1, 0.15) is 12.5 Å². The van der Waals surface area contributed by atoms with E-state index < -0.39 is 9.84 Å². The van der Waals surface area contributed by atoms with Crippen LogP contribution < -0.4 is 18.9 Å². The van der Waals surface area contributed by atoms with Gasteiger partial charge >= 0.3 is 0 Å². The normalized spacial score (nSPS) is 12.0. The van der Waals surface area contributed by atoms with Gasteiger partial charge in [0.1, 0.15) is 35.7 Å². The molecule has 4 rings (SSSR count). The number of sulfone groups is 1. The number of nitrogens with zero attached hydrogens (tertiary/aromatic N) is 2. The van der Waals surface area contributed by atoms with Crippen molar-refractivity contribution in [2.75, 3.05) is 27.1 Å². The first-order valence-electron chi connectivity index (χ1n) is 12.1. The zero-order valence-electron chi connectivity index (χ0n) is 22.2. The summed E-state index contributed by atoms with van der Waals surface area (Å²) in [5, 5.41) is 0. The van der Waals surface area contributed by atoms with E-state index in [1.807, 2.05) is 37.3 Å². The Balaban J connectivity index is 1.59. The number of benzene rings is 3. The lowest BCUT2D eigenvalue weighted by molar-refractivity contribution is 0.0920. The molecule has 0 fully saturated rings. The maximum absolute atomic E-state index is 11.8. The van der Waals surface area contributed by atoms with E-state index in [0.717, 1.165) is 17.6 Å². The van der Waals surface area contributed by atoms with Gasteiger partial charge in [0.2, 0.25) is 5.88 Å². The number of hydrogen-bond donors (Lipinski definition) is 0. The first-order valence-corrected chi connectivity index (χ1v) is 14.0. The Hall–Kier alpha value is -4.15. The van der Waals surface area contributed by atoms with E-state index in [2.05, 4.69) is 9.97 Å². The van der Waals surface area contributed by atoms with Crippen LogP contribution >= 0.6 is 0 Å². The predicted molar refractivity (Wildman–Crippen MR) is 146 cm³/mol. The monoisotopic (exact) mass is 550 g/mol. The largest absolute Gasteiger partial charge is 0.497 e. The minimum absolute atomic E-state index is 0.209. The summed E-state index contributed by atoms with van der Waals surface area (Å²) in [7, 11) is -0.0825. The molecule has 0 bridgehead atoms. The molecule has 0 aliphatic carbocycles. The lowest BCUT2D eigenvalue weighted by Gasteiger charge is -2.16. The molecule has 1 heterocycles. The molecule has 9 nitrogen and oxygen atoms in total. The van der Waals surface area contributed by atoms with Crippen molar-refractivity contribution in [1.29, 1.82) is 0 Å². The maximum Gasteiger partial charge on any atom is 0.217 e. The first kappa shape index (κ1) is 27.9. The third-order valence-corrected chi connectivity index (χ3v) is 6.67. The fourth-order valence-corrected chi connectivity index (χ4v) is 4.29. The highest BCUT2D eigenvalue weighted by atomic mass is 32.2. The molecule has 1 aromatic heterocycles. The molecule has 1 unspecified atom stereocenters. The van der Waals surface area contributed by atoms with Crippen LogP contribution in [0.15, 0.2) is 83.9 Å². The third kappa shape index (κ3) is 7.92. The van der Waals surface area contributed by atoms with Gasteiger partial charge in [-0.25, -0.2) is 13.4 Å². The van der Waals surface area contributed by atoms with E-state index in [9.17, 15) is 8.42 Å². The van der Waals surface area contributed by atoms with E-state index in [0.29, 0.717) is 47.7 Å². The summed E-state index contributed by atoms with van der Waals surface area (Å²) in [6.45, 7) is 2.62. The van der Waals surface area contributed by atoms with E-state index in [4.69, 9.17) is 23.7 Å². The van der Waals surface area contributed by atoms with Crippen molar-refractivity contribution in [2.24, 2.45) is 0 Å². The highest BCUT2D eigenvalue weighted by molar-refractivity contribution is 7.90. The summed E-state index contributed by atoms with van der Waals surface area (Å²) in [5.74, 6) is 3.07. The molecule has 0 aliphatic rings. The molecule has 0 saturated carbocycles. The van der Waals surface area contributed by atoms with Crippen molar-refractivity contribution >= 4 is 9.84 Å². The minimum Gasteiger partial charge on any atom is -0.497 e. The standard InChI is InChI=1S/C29H30N2O7S/c1-20(18-34-2)37-25-15-22(16-26(17-25)38-24-9-11-27(12-10-24)39(4,32)33)29-30-14-13-28(31-29)36-19-21-5-7-23(35-3)8-6-21/h5-17,20H,18-19H2,1-4H3. The zero-order valence-corrected chi connectivity index (χ0v) is 23.0. The number of aromatic nitrogens is 2. The van der Waals surface area contributed by atoms with Crippen LogP contribution in [0.25, 0.3) is 11.4 Å². The number of rotatable bonds is 12. The van der Waals surface area contributed by atoms with E-state index in [-0.39, 0.29) is 11.0 Å². The summed E-state index contributed by atoms with van der Waals surface area (Å²) in [4.78, 5) is 9.20. The second-order valence-corrected chi connectivity index (χ2v) is 10.8. The van der Waals surface area contributed by atoms with Gasteiger partial charge in [-0.2, -0.15) is 4.98 Å². The molecule has 0 radical (unpaired) electrons. The Bertz CT molecular complexity index is 1490. The third-order valence-electron chi connectivity index (χ3n) is 5.54. The van der Waals surface area contributed by atoms with Gasteiger partial charge in [-0.15, -0.1) is 0 Å². The van der Waals surface area contributed by atoms with Gasteiger partial charge in [0.05, 0.1) is 18.6 Å². The number of ether oxygens (including phenoxy) is 5. The van der Waals surface area contributed by atoms with Crippen molar-refractivity contribution in [3.05, 3.63) is 84.6 Å². The number of methoxy groups -OCH3 is 2. The topological polar surface area (TPSA) is 106 Å². The van der Waals surface area contributed by atoms with E-state index in [1.54, 1.807) is 50.7 Å². The van der Waals surface area contributed by atoms with Gasteiger partial charge in [0.25, 0.3) is 0 Å². The molecule has 1 atom stereocenters. The minimum atomic E-state index is -3.31. The van der Waals surface area contributed by atoms with Gasteiger partial charge in [-0.1, -0.05) is 12.1 Å². The molecule has 0 N–H and O–H groups in total. The lowest BCUT2D eigenvalue weighted by Crippen LogP contribution is -2.18. The SMILES string of the molecule is COCC(C)Oc1cc(Oc2ccc(S(C)(=O)=O)cc2)cc(-c2nccc(OCc3ccc(OC)cc3)n2)c1. The van der Waals surface area contributed by atoms with Crippen molar-refractivity contribution in [1.82, 2.24) is 9.97 Å². The van der Waals surface area contributed by atoms with Crippen LogP contribution in [0.5, 0.6) is 28.9 Å². The Labute approximate surface area is 228 Å². The molecule has 0 spiro atoms. The summed E-state index contributed by atoms with van der Waals surface area (Å²) in [6.07, 6.45) is 2.57. The Morgan fingerprint density at radius 2 is 1.54 bits per heavy atom. The Morgan fingerprint density at radius 1 is 0.846 bits per heavy atom. The van der Waals surface area contributed by atoms with Gasteiger partial charge in [-0.05, 0) is 61.0 Å². The second kappa shape index (κ2) is 12.6. The maximum atomic E-state index is 11.8. The summed E-state index contributed by atoms with van der Waals surface area (Å²) < 4.78 is 51.9. The highest BCUT2D eigenvalue weighted by Crippen LogP contribution is 2.32. The van der Waals surface area contributed by atoms with E-state index >= 15 is 0 Å². The van der Waals surface area contributed by atoms with Gasteiger partial charge in [0, 0.05) is 37.3 Å². The second-order valence-electron chi connectivity index (χ2n) is 8.78. The quantitative estimate of drug-likeness (QED) is 0.231. The average Bonchev–Trinajstić information content (AvgIpc) is 2.92. The molecule has 0 saturated heterocycles. The van der Waals surface area contributed by atoms with Crippen LogP contribution in [0.4, 0.5) is 0 Å². The van der Waals surface area contributed by atoms with Crippen molar-refractivity contribution in [2.45, 2.75) is 24.5 Å². The van der Waals surface area contributed by atoms with Crippen LogP contribution in [0.3, 0.4) is 0 Å². The summed E-state index contributed by atoms with van der Waals surface area (Å²) in [6, 6.07) is 20.8. The zero-order chi connectivity index (χ0) is 27.8. The molecule has 0 amide bonds. The number of hydrogen-bond acceptors (Lipinski definition) is 9. The summed E-state index contributed by atoms with van der Waals surface area (Å²) in [5.41, 5.74) is 1.62. The highest BCUT2D eigenvalue weighted by Gasteiger charge is 2.13. The molecule has 39 heavy (non-hydrogen) atoms. The van der Waals surface area contributed by atoms with Crippen LogP contribution in [0, 0.1) is 0 Å². The molecule has 0 aliphatic heterocycles. The molecular weight excluding hydrogens is 520 g/mol.